The van der Waals surface area contributed by atoms with Gasteiger partial charge in [0.25, 0.3) is 0 Å². The van der Waals surface area contributed by atoms with Gasteiger partial charge in [-0.1, -0.05) is 13.2 Å². The fourth-order valence-electron chi connectivity index (χ4n) is 0.458. The summed E-state index contributed by atoms with van der Waals surface area (Å²) in [5.41, 5.74) is 5.00. The van der Waals surface area contributed by atoms with Crippen LogP contribution in [0, 0.1) is 10.1 Å². The van der Waals surface area contributed by atoms with Crippen LogP contribution in [0.3, 0.4) is 0 Å². The summed E-state index contributed by atoms with van der Waals surface area (Å²) in [6.45, 7) is 6.63. The molecule has 0 atom stereocenters. The molecule has 4 nitrogen and oxygen atoms in total. The molecule has 0 aromatic carbocycles. The minimum Gasteiger partial charge on any atom is -0.393 e. The van der Waals surface area contributed by atoms with Gasteiger partial charge in [0, 0.05) is 0 Å². The van der Waals surface area contributed by atoms with Gasteiger partial charge in [-0.25, -0.2) is 0 Å². The van der Waals surface area contributed by atoms with Crippen LogP contribution >= 0.6 is 15.9 Å². The van der Waals surface area contributed by atoms with E-state index in [-0.39, 0.29) is 15.9 Å². The molecule has 0 bridgehead atoms. The van der Waals surface area contributed by atoms with Gasteiger partial charge in [0.2, 0.25) is 0 Å². The minimum absolute atomic E-state index is 0.00289. The van der Waals surface area contributed by atoms with Crippen LogP contribution in [-0.2, 0) is 0 Å². The molecule has 60 valence electrons. The molecular weight excluding hydrogens is 212 g/mol. The topological polar surface area (TPSA) is 69.2 Å². The summed E-state index contributed by atoms with van der Waals surface area (Å²) >= 11 is 2.86. The lowest BCUT2D eigenvalue weighted by Crippen LogP contribution is -2.07. The second-order valence-electron chi connectivity index (χ2n) is 1.67. The third-order valence-electron chi connectivity index (χ3n) is 0.933. The highest BCUT2D eigenvalue weighted by molar-refractivity contribution is 9.11. The predicted molar refractivity (Wildman–Crippen MR) is 46.5 cm³/mol. The first-order valence-corrected chi connectivity index (χ1v) is 3.41. The zero-order chi connectivity index (χ0) is 9.02. The Kier molecular flexibility index (Phi) is 3.53. The number of hydrogen-bond acceptors (Lipinski definition) is 3. The van der Waals surface area contributed by atoms with Crippen molar-refractivity contribution in [1.29, 1.82) is 0 Å². The normalized spacial score (nSPS) is 11.7. The third-order valence-corrected chi connectivity index (χ3v) is 1.31. The maximum absolute atomic E-state index is 10.3. The molecule has 0 saturated carbocycles. The Balaban J connectivity index is 5.04. The van der Waals surface area contributed by atoms with Crippen molar-refractivity contribution in [2.75, 3.05) is 0 Å². The Morgan fingerprint density at radius 2 is 2.18 bits per heavy atom. The fourth-order valence-corrected chi connectivity index (χ4v) is 0.831. The number of nitrogens with two attached hydrogens (primary N) is 1. The van der Waals surface area contributed by atoms with Crippen LogP contribution in [0.15, 0.2) is 35.1 Å². The van der Waals surface area contributed by atoms with E-state index >= 15 is 0 Å². The van der Waals surface area contributed by atoms with E-state index in [1.807, 2.05) is 0 Å². The van der Waals surface area contributed by atoms with Gasteiger partial charge >= 0.3 is 5.70 Å². The lowest BCUT2D eigenvalue weighted by atomic mass is 10.3. The van der Waals surface area contributed by atoms with E-state index in [4.69, 9.17) is 5.73 Å². The molecule has 0 unspecified atom stereocenters. The smallest absolute Gasteiger partial charge is 0.305 e. The fraction of sp³-hybridized carbons (Fsp3) is 0. The van der Waals surface area contributed by atoms with Crippen LogP contribution in [0.25, 0.3) is 0 Å². The standard InChI is InChI=1S/C6H7BrN2O2/c1-3-5(8)6(4(2)7)9(10)11/h3H,1-2,8H2/b6-5-. The quantitative estimate of drug-likeness (QED) is 0.444. The molecule has 0 aliphatic carbocycles. The average Bonchev–Trinajstić information content (AvgIpc) is 1.85. The van der Waals surface area contributed by atoms with Gasteiger partial charge in [-0.15, -0.1) is 0 Å². The Labute approximate surface area is 72.4 Å². The van der Waals surface area contributed by atoms with Crippen molar-refractivity contribution in [3.63, 3.8) is 0 Å². The molecule has 0 saturated heterocycles. The van der Waals surface area contributed by atoms with Gasteiger partial charge in [0.1, 0.15) is 5.70 Å². The molecule has 0 aromatic rings. The van der Waals surface area contributed by atoms with Crippen molar-refractivity contribution >= 4 is 15.9 Å². The molecule has 2 N–H and O–H groups in total. The largest absolute Gasteiger partial charge is 0.393 e. The van der Waals surface area contributed by atoms with Crippen LogP contribution in [0.1, 0.15) is 0 Å². The van der Waals surface area contributed by atoms with Crippen molar-refractivity contribution < 1.29 is 4.92 Å². The molecule has 0 heterocycles. The van der Waals surface area contributed by atoms with Crippen molar-refractivity contribution in [3.8, 4) is 0 Å². The van der Waals surface area contributed by atoms with Gasteiger partial charge in [-0.2, -0.15) is 0 Å². The molecule has 0 spiro atoms. The summed E-state index contributed by atoms with van der Waals surface area (Å²) < 4.78 is 0.139. The molecule has 0 fully saturated rings. The summed E-state index contributed by atoms with van der Waals surface area (Å²) in [4.78, 5) is 9.65. The first-order valence-electron chi connectivity index (χ1n) is 2.62. The molecule has 0 aromatic heterocycles. The molecule has 11 heavy (non-hydrogen) atoms. The van der Waals surface area contributed by atoms with Crippen LogP contribution in [-0.4, -0.2) is 4.92 Å². The number of nitro groups is 1. The summed E-state index contributed by atoms with van der Waals surface area (Å²) in [7, 11) is 0. The highest BCUT2D eigenvalue weighted by Gasteiger charge is 2.16. The maximum Gasteiger partial charge on any atom is 0.305 e. The third kappa shape index (κ3) is 2.55. The highest BCUT2D eigenvalue weighted by atomic mass is 79.9. The van der Waals surface area contributed by atoms with Crippen LogP contribution in [0.2, 0.25) is 0 Å². The number of nitrogens with zero attached hydrogens (tertiary/aromatic N) is 1. The second kappa shape index (κ2) is 3.92. The molecule has 0 aliphatic heterocycles. The van der Waals surface area contributed by atoms with Crippen LogP contribution in [0.5, 0.6) is 0 Å². The molecule has 0 radical (unpaired) electrons. The number of hydrogen-bond donors (Lipinski definition) is 1. The van der Waals surface area contributed by atoms with E-state index < -0.39 is 4.92 Å². The number of halogens is 1. The lowest BCUT2D eigenvalue weighted by Gasteiger charge is -1.96. The summed E-state index contributed by atoms with van der Waals surface area (Å²) in [6.07, 6.45) is 1.20. The number of rotatable bonds is 3. The monoisotopic (exact) mass is 218 g/mol. The molecule has 0 amide bonds. The van der Waals surface area contributed by atoms with Crippen molar-refractivity contribution in [2.24, 2.45) is 5.73 Å². The van der Waals surface area contributed by atoms with Crippen LogP contribution < -0.4 is 5.73 Å². The Hall–Kier alpha value is -1.10. The first kappa shape index (κ1) is 9.90. The average molecular weight is 219 g/mol. The summed E-state index contributed by atoms with van der Waals surface area (Å²) in [6, 6.07) is 0. The SMILES string of the molecule is C=C/C(N)=C(\C(=C)Br)[N+](=O)[O-]. The van der Waals surface area contributed by atoms with Crippen molar-refractivity contribution in [2.45, 2.75) is 0 Å². The summed E-state index contributed by atoms with van der Waals surface area (Å²) in [5.74, 6) is 0. The Morgan fingerprint density at radius 3 is 2.27 bits per heavy atom. The van der Waals surface area contributed by atoms with E-state index in [9.17, 15) is 10.1 Å². The van der Waals surface area contributed by atoms with Gasteiger partial charge in [-0.3, -0.25) is 10.1 Å². The van der Waals surface area contributed by atoms with Gasteiger partial charge < -0.3 is 5.73 Å². The number of allylic oxidation sites excluding steroid dienone is 2. The maximum atomic E-state index is 10.3. The van der Waals surface area contributed by atoms with Crippen molar-refractivity contribution in [3.05, 3.63) is 45.2 Å². The highest BCUT2D eigenvalue weighted by Crippen LogP contribution is 2.17. The van der Waals surface area contributed by atoms with E-state index in [1.54, 1.807) is 0 Å². The molecule has 0 aliphatic rings. The van der Waals surface area contributed by atoms with E-state index in [2.05, 4.69) is 29.1 Å². The summed E-state index contributed by atoms with van der Waals surface area (Å²) in [5, 5.41) is 10.3. The molecule has 0 rings (SSSR count). The lowest BCUT2D eigenvalue weighted by molar-refractivity contribution is -0.420. The zero-order valence-electron chi connectivity index (χ0n) is 5.71. The van der Waals surface area contributed by atoms with E-state index in [1.165, 1.54) is 6.08 Å². The second-order valence-corrected chi connectivity index (χ2v) is 2.63. The van der Waals surface area contributed by atoms with E-state index in [0.29, 0.717) is 0 Å². The van der Waals surface area contributed by atoms with E-state index in [0.717, 1.165) is 0 Å². The molecule has 5 heteroatoms. The van der Waals surface area contributed by atoms with Gasteiger partial charge in [-0.05, 0) is 22.0 Å². The molecular formula is C6H7BrN2O2. The Bertz CT molecular complexity index is 229. The Morgan fingerprint density at radius 1 is 1.73 bits per heavy atom. The minimum atomic E-state index is -0.617. The zero-order valence-corrected chi connectivity index (χ0v) is 7.30. The van der Waals surface area contributed by atoms with Gasteiger partial charge in [0.05, 0.1) is 9.41 Å². The van der Waals surface area contributed by atoms with Crippen LogP contribution in [0.4, 0.5) is 0 Å². The predicted octanol–water partition coefficient (Wildman–Crippen LogP) is 1.53. The van der Waals surface area contributed by atoms with Gasteiger partial charge in [0.15, 0.2) is 0 Å². The van der Waals surface area contributed by atoms with Crippen molar-refractivity contribution in [1.82, 2.24) is 0 Å². The first-order chi connectivity index (χ1) is 5.00.